The first-order valence-electron chi connectivity index (χ1n) is 12.5. The largest absolute Gasteiger partial charge is 0.492 e. The van der Waals surface area contributed by atoms with E-state index in [2.05, 4.69) is 33.5 Å². The molecule has 38 heavy (non-hydrogen) atoms. The first-order chi connectivity index (χ1) is 18.3. The maximum Gasteiger partial charge on any atom is 0.264 e. The second-order valence-corrected chi connectivity index (χ2v) is 11.6. The van der Waals surface area contributed by atoms with E-state index in [-0.39, 0.29) is 15.9 Å². The van der Waals surface area contributed by atoms with Crippen LogP contribution in [0, 0.1) is 0 Å². The van der Waals surface area contributed by atoms with Gasteiger partial charge in [0.25, 0.3) is 15.9 Å². The van der Waals surface area contributed by atoms with Gasteiger partial charge in [-0.1, -0.05) is 44.4 Å². The fraction of sp³-hybridized carbons (Fsp3) is 0.286. The Morgan fingerprint density at radius 3 is 2.32 bits per heavy atom. The number of unbranched alkanes of at least 4 members (excludes halogenated alkanes) is 3. The van der Waals surface area contributed by atoms with E-state index in [0.29, 0.717) is 40.3 Å². The minimum atomic E-state index is -3.73. The molecule has 7 nitrogen and oxygen atoms in total. The molecular weight excluding hydrogens is 586 g/mol. The lowest BCUT2D eigenvalue weighted by Crippen LogP contribution is -2.34. The Labute approximate surface area is 238 Å². The predicted octanol–water partition coefficient (Wildman–Crippen LogP) is 6.75. The molecule has 0 aliphatic rings. The number of benzene rings is 3. The maximum absolute atomic E-state index is 13.2. The molecule has 2 N–H and O–H groups in total. The van der Waals surface area contributed by atoms with Gasteiger partial charge >= 0.3 is 0 Å². The van der Waals surface area contributed by atoms with Crippen molar-refractivity contribution >= 4 is 60.6 Å². The molecule has 0 aromatic heterocycles. The van der Waals surface area contributed by atoms with Gasteiger partial charge in [0.2, 0.25) is 0 Å². The van der Waals surface area contributed by atoms with Gasteiger partial charge < -0.3 is 10.1 Å². The normalized spacial score (nSPS) is 11.0. The van der Waals surface area contributed by atoms with Crippen LogP contribution in [0.3, 0.4) is 0 Å². The molecule has 0 aliphatic carbocycles. The number of anilines is 2. The molecule has 0 aliphatic heterocycles. The first kappa shape index (κ1) is 29.6. The highest BCUT2D eigenvalue weighted by atomic mass is 79.9. The summed E-state index contributed by atoms with van der Waals surface area (Å²) in [5.74, 6) is 0.307. The number of carbonyl (C=O) groups is 1. The minimum Gasteiger partial charge on any atom is -0.492 e. The van der Waals surface area contributed by atoms with Crippen molar-refractivity contribution in [2.24, 2.45) is 0 Å². The van der Waals surface area contributed by atoms with E-state index < -0.39 is 10.0 Å². The SMILES string of the molecule is CCCCCCOc1ccc(C(=O)NC(=S)Nc2ccc(S(=O)(=O)N(CC)c3ccccc3)cc2)cc1Br. The van der Waals surface area contributed by atoms with E-state index in [0.717, 1.165) is 12.8 Å². The van der Waals surface area contributed by atoms with Crippen LogP contribution in [0.2, 0.25) is 0 Å². The standard InChI is InChI=1S/C28H32BrN3O4S2/c1-3-5-6-10-19-36-26-18-13-21(20-25(26)29)27(33)31-28(37)30-22-14-16-24(17-15-22)38(34,35)32(4-2)23-11-8-7-9-12-23/h7-9,11-18,20H,3-6,10,19H2,1-2H3,(H2,30,31,33,37). The summed E-state index contributed by atoms with van der Waals surface area (Å²) in [6, 6.07) is 20.3. The fourth-order valence-corrected chi connectivity index (χ4v) is 5.91. The topological polar surface area (TPSA) is 87.7 Å². The number of hydrogen-bond acceptors (Lipinski definition) is 5. The Bertz CT molecular complexity index is 1330. The zero-order valence-electron chi connectivity index (χ0n) is 21.4. The van der Waals surface area contributed by atoms with Gasteiger partial charge in [0, 0.05) is 17.8 Å². The number of thiocarbonyl (C=S) groups is 1. The van der Waals surface area contributed by atoms with Crippen LogP contribution in [-0.2, 0) is 10.0 Å². The number of ether oxygens (including phenoxy) is 1. The average molecular weight is 619 g/mol. The fourth-order valence-electron chi connectivity index (χ4n) is 3.73. The number of sulfonamides is 1. The summed E-state index contributed by atoms with van der Waals surface area (Å²) in [7, 11) is -3.73. The molecule has 0 radical (unpaired) electrons. The maximum atomic E-state index is 13.2. The zero-order valence-corrected chi connectivity index (χ0v) is 24.7. The zero-order chi connectivity index (χ0) is 27.5. The van der Waals surface area contributed by atoms with Crippen molar-refractivity contribution in [3.63, 3.8) is 0 Å². The van der Waals surface area contributed by atoms with Gasteiger partial charge in [0.1, 0.15) is 5.75 Å². The van der Waals surface area contributed by atoms with Crippen molar-refractivity contribution in [1.29, 1.82) is 0 Å². The third kappa shape index (κ3) is 8.02. The molecule has 10 heteroatoms. The highest BCUT2D eigenvalue weighted by molar-refractivity contribution is 9.10. The van der Waals surface area contributed by atoms with Gasteiger partial charge in [-0.25, -0.2) is 8.42 Å². The molecule has 0 unspecified atom stereocenters. The number of amides is 1. The molecule has 0 spiro atoms. The van der Waals surface area contributed by atoms with Crippen LogP contribution >= 0.6 is 28.1 Å². The number of carbonyl (C=O) groups excluding carboxylic acids is 1. The van der Waals surface area contributed by atoms with Gasteiger partial charge in [0.05, 0.1) is 21.7 Å². The molecule has 0 heterocycles. The number of halogens is 1. The molecule has 0 saturated heterocycles. The lowest BCUT2D eigenvalue weighted by atomic mass is 10.2. The van der Waals surface area contributed by atoms with E-state index >= 15 is 0 Å². The van der Waals surface area contributed by atoms with Crippen molar-refractivity contribution in [3.8, 4) is 5.75 Å². The summed E-state index contributed by atoms with van der Waals surface area (Å²) in [5, 5.41) is 5.66. The van der Waals surface area contributed by atoms with E-state index in [1.807, 2.05) is 6.07 Å². The molecule has 0 atom stereocenters. The first-order valence-corrected chi connectivity index (χ1v) is 15.1. The summed E-state index contributed by atoms with van der Waals surface area (Å²) < 4.78 is 34.2. The lowest BCUT2D eigenvalue weighted by molar-refractivity contribution is 0.0977. The summed E-state index contributed by atoms with van der Waals surface area (Å²) >= 11 is 8.75. The number of para-hydroxylation sites is 1. The molecule has 3 aromatic carbocycles. The highest BCUT2D eigenvalue weighted by Crippen LogP contribution is 2.27. The van der Waals surface area contributed by atoms with Crippen LogP contribution in [-0.4, -0.2) is 32.6 Å². The smallest absolute Gasteiger partial charge is 0.264 e. The highest BCUT2D eigenvalue weighted by Gasteiger charge is 2.23. The van der Waals surface area contributed by atoms with E-state index in [9.17, 15) is 13.2 Å². The van der Waals surface area contributed by atoms with Crippen molar-refractivity contribution in [2.45, 2.75) is 44.4 Å². The molecular formula is C28H32BrN3O4S2. The molecule has 3 rings (SSSR count). The van der Waals surface area contributed by atoms with Gasteiger partial charge in [-0.15, -0.1) is 0 Å². The van der Waals surface area contributed by atoms with E-state index in [4.69, 9.17) is 17.0 Å². The third-order valence-electron chi connectivity index (χ3n) is 5.71. The Morgan fingerprint density at radius 2 is 1.68 bits per heavy atom. The van der Waals surface area contributed by atoms with Crippen LogP contribution in [0.25, 0.3) is 0 Å². The molecule has 0 bridgehead atoms. The van der Waals surface area contributed by atoms with Crippen molar-refractivity contribution in [2.75, 3.05) is 22.8 Å². The van der Waals surface area contributed by atoms with Crippen molar-refractivity contribution < 1.29 is 17.9 Å². The van der Waals surface area contributed by atoms with Crippen LogP contribution in [0.4, 0.5) is 11.4 Å². The Hall–Kier alpha value is -2.95. The second kappa shape index (κ2) is 14.3. The lowest BCUT2D eigenvalue weighted by Gasteiger charge is -2.23. The summed E-state index contributed by atoms with van der Waals surface area (Å²) in [6.45, 7) is 4.87. The van der Waals surface area contributed by atoms with E-state index in [1.54, 1.807) is 61.5 Å². The monoisotopic (exact) mass is 617 g/mol. The number of hydrogen-bond donors (Lipinski definition) is 2. The van der Waals surface area contributed by atoms with Crippen molar-refractivity contribution in [3.05, 3.63) is 82.8 Å². The summed E-state index contributed by atoms with van der Waals surface area (Å²) in [5.41, 5.74) is 1.56. The second-order valence-electron chi connectivity index (χ2n) is 8.49. The van der Waals surface area contributed by atoms with E-state index in [1.165, 1.54) is 29.3 Å². The number of nitrogens with one attached hydrogen (secondary N) is 2. The van der Waals surface area contributed by atoms with Crippen LogP contribution < -0.4 is 19.7 Å². The Kier molecular flexibility index (Phi) is 11.1. The Morgan fingerprint density at radius 1 is 0.974 bits per heavy atom. The predicted molar refractivity (Wildman–Crippen MR) is 161 cm³/mol. The van der Waals surface area contributed by atoms with Crippen LogP contribution in [0.1, 0.15) is 49.9 Å². The summed E-state index contributed by atoms with van der Waals surface area (Å²) in [4.78, 5) is 12.8. The molecule has 0 fully saturated rings. The number of rotatable bonds is 12. The van der Waals surface area contributed by atoms with Gasteiger partial charge in [-0.3, -0.25) is 14.4 Å². The average Bonchev–Trinajstić information content (AvgIpc) is 2.90. The number of nitrogens with zero attached hydrogens (tertiary/aromatic N) is 1. The van der Waals surface area contributed by atoms with Gasteiger partial charge in [0.15, 0.2) is 5.11 Å². The quantitative estimate of drug-likeness (QED) is 0.173. The van der Waals surface area contributed by atoms with Crippen LogP contribution in [0.5, 0.6) is 5.75 Å². The van der Waals surface area contributed by atoms with Crippen molar-refractivity contribution in [1.82, 2.24) is 5.32 Å². The Balaban J connectivity index is 1.58. The summed E-state index contributed by atoms with van der Waals surface area (Å²) in [6.07, 6.45) is 4.47. The molecule has 1 amide bonds. The third-order valence-corrected chi connectivity index (χ3v) is 8.45. The van der Waals surface area contributed by atoms with Crippen LogP contribution in [0.15, 0.2) is 82.2 Å². The van der Waals surface area contributed by atoms with Gasteiger partial charge in [-0.05, 0) is 96.1 Å². The van der Waals surface area contributed by atoms with Gasteiger partial charge in [-0.2, -0.15) is 0 Å². The molecule has 202 valence electrons. The minimum absolute atomic E-state index is 0.0949. The molecule has 0 saturated carbocycles. The molecule has 3 aromatic rings.